The fraction of sp³-hybridized carbons (Fsp3) is 0.400. The van der Waals surface area contributed by atoms with Crippen molar-refractivity contribution in [3.63, 3.8) is 0 Å². The lowest BCUT2D eigenvalue weighted by molar-refractivity contribution is 0.442. The summed E-state index contributed by atoms with van der Waals surface area (Å²) in [4.78, 5) is -1.15. The molecule has 0 bridgehead atoms. The van der Waals surface area contributed by atoms with Crippen LogP contribution in [0, 0.1) is 17.5 Å². The van der Waals surface area contributed by atoms with Gasteiger partial charge in [0.2, 0.25) is 10.0 Å². The standard InChI is InChI=1S/C10H13F3N2O2S/c1-15(4-2-3-14)18(16,17)10-8(12)5-7(11)6-9(10)13/h5-6H,2-4,14H2,1H3. The zero-order valence-corrected chi connectivity index (χ0v) is 10.5. The van der Waals surface area contributed by atoms with Gasteiger partial charge in [0.05, 0.1) is 0 Å². The lowest BCUT2D eigenvalue weighted by atomic mass is 10.3. The molecular formula is C10H13F3N2O2S. The van der Waals surface area contributed by atoms with Crippen LogP contribution in [-0.4, -0.2) is 32.9 Å². The van der Waals surface area contributed by atoms with Gasteiger partial charge in [0, 0.05) is 25.7 Å². The van der Waals surface area contributed by atoms with E-state index in [9.17, 15) is 21.6 Å². The lowest BCUT2D eigenvalue weighted by Crippen LogP contribution is -2.30. The molecule has 0 saturated carbocycles. The highest BCUT2D eigenvalue weighted by atomic mass is 32.2. The zero-order chi connectivity index (χ0) is 13.9. The Balaban J connectivity index is 3.20. The highest BCUT2D eigenvalue weighted by Crippen LogP contribution is 2.23. The molecule has 0 amide bonds. The van der Waals surface area contributed by atoms with Crippen LogP contribution in [0.1, 0.15) is 6.42 Å². The Morgan fingerprint density at radius 3 is 2.17 bits per heavy atom. The fourth-order valence-electron chi connectivity index (χ4n) is 1.37. The second-order valence-corrected chi connectivity index (χ2v) is 5.65. The Hall–Kier alpha value is -1.12. The number of sulfonamides is 1. The molecule has 0 atom stereocenters. The summed E-state index contributed by atoms with van der Waals surface area (Å²) in [6.07, 6.45) is 0.347. The third-order valence-electron chi connectivity index (χ3n) is 2.31. The summed E-state index contributed by atoms with van der Waals surface area (Å²) in [5.74, 6) is -4.08. The molecule has 0 heterocycles. The molecule has 1 rings (SSSR count). The molecule has 0 spiro atoms. The minimum absolute atomic E-state index is 0.0229. The number of hydrogen-bond donors (Lipinski definition) is 1. The summed E-state index contributed by atoms with van der Waals surface area (Å²) >= 11 is 0. The van der Waals surface area contributed by atoms with Crippen molar-refractivity contribution in [2.45, 2.75) is 11.3 Å². The van der Waals surface area contributed by atoms with Crippen LogP contribution in [0.2, 0.25) is 0 Å². The van der Waals surface area contributed by atoms with Crippen LogP contribution in [-0.2, 0) is 10.0 Å². The van der Waals surface area contributed by atoms with Gasteiger partial charge < -0.3 is 5.73 Å². The number of halogens is 3. The Morgan fingerprint density at radius 1 is 1.22 bits per heavy atom. The van der Waals surface area contributed by atoms with Gasteiger partial charge >= 0.3 is 0 Å². The Kier molecular flexibility index (Phi) is 4.71. The first kappa shape index (κ1) is 14.9. The van der Waals surface area contributed by atoms with Gasteiger partial charge in [0.25, 0.3) is 0 Å². The minimum Gasteiger partial charge on any atom is -0.330 e. The molecule has 0 aliphatic heterocycles. The van der Waals surface area contributed by atoms with Gasteiger partial charge in [-0.1, -0.05) is 0 Å². The number of nitrogens with zero attached hydrogens (tertiary/aromatic N) is 1. The molecule has 102 valence electrons. The van der Waals surface area contributed by atoms with Gasteiger partial charge in [-0.05, 0) is 13.0 Å². The molecule has 1 aromatic carbocycles. The van der Waals surface area contributed by atoms with Crippen molar-refractivity contribution in [3.05, 3.63) is 29.6 Å². The molecule has 1 aromatic rings. The average Bonchev–Trinajstić information content (AvgIpc) is 2.23. The number of rotatable bonds is 5. The van der Waals surface area contributed by atoms with E-state index in [4.69, 9.17) is 5.73 Å². The lowest BCUT2D eigenvalue weighted by Gasteiger charge is -2.17. The zero-order valence-electron chi connectivity index (χ0n) is 9.66. The largest absolute Gasteiger partial charge is 0.330 e. The number of hydrogen-bond acceptors (Lipinski definition) is 3. The first-order valence-electron chi connectivity index (χ1n) is 5.11. The minimum atomic E-state index is -4.33. The summed E-state index contributed by atoms with van der Waals surface area (Å²) in [5, 5.41) is 0. The molecule has 0 unspecified atom stereocenters. The van der Waals surface area contributed by atoms with Crippen molar-refractivity contribution in [3.8, 4) is 0 Å². The van der Waals surface area contributed by atoms with E-state index in [-0.39, 0.29) is 13.1 Å². The Labute approximate surface area is 103 Å². The maximum Gasteiger partial charge on any atom is 0.248 e. The summed E-state index contributed by atoms with van der Waals surface area (Å²) in [6.45, 7) is 0.267. The van der Waals surface area contributed by atoms with Gasteiger partial charge in [-0.25, -0.2) is 25.9 Å². The van der Waals surface area contributed by atoms with Crippen LogP contribution in [0.4, 0.5) is 13.2 Å². The second kappa shape index (κ2) is 5.68. The van der Waals surface area contributed by atoms with Crippen LogP contribution >= 0.6 is 0 Å². The fourth-order valence-corrected chi connectivity index (χ4v) is 2.66. The topological polar surface area (TPSA) is 63.4 Å². The number of nitrogens with two attached hydrogens (primary N) is 1. The molecule has 0 aliphatic carbocycles. The molecule has 0 saturated heterocycles. The molecule has 0 aromatic heterocycles. The first-order valence-corrected chi connectivity index (χ1v) is 6.55. The highest BCUT2D eigenvalue weighted by molar-refractivity contribution is 7.89. The maximum absolute atomic E-state index is 13.4. The van der Waals surface area contributed by atoms with Crippen molar-refractivity contribution < 1.29 is 21.6 Å². The van der Waals surface area contributed by atoms with Gasteiger partial charge in [-0.15, -0.1) is 0 Å². The Morgan fingerprint density at radius 2 is 1.72 bits per heavy atom. The monoisotopic (exact) mass is 282 g/mol. The van der Waals surface area contributed by atoms with E-state index in [0.717, 1.165) is 4.31 Å². The highest BCUT2D eigenvalue weighted by Gasteiger charge is 2.28. The van der Waals surface area contributed by atoms with Crippen LogP contribution < -0.4 is 5.73 Å². The van der Waals surface area contributed by atoms with E-state index in [1.54, 1.807) is 0 Å². The maximum atomic E-state index is 13.4. The van der Waals surface area contributed by atoms with Crippen molar-refractivity contribution in [2.75, 3.05) is 20.1 Å². The third-order valence-corrected chi connectivity index (χ3v) is 4.22. The number of benzene rings is 1. The normalized spacial score (nSPS) is 12.1. The van der Waals surface area contributed by atoms with Crippen molar-refractivity contribution >= 4 is 10.0 Å². The van der Waals surface area contributed by atoms with E-state index < -0.39 is 32.4 Å². The SMILES string of the molecule is CN(CCCN)S(=O)(=O)c1c(F)cc(F)cc1F. The average molecular weight is 282 g/mol. The predicted molar refractivity (Wildman–Crippen MR) is 59.8 cm³/mol. The van der Waals surface area contributed by atoms with E-state index >= 15 is 0 Å². The molecule has 2 N–H and O–H groups in total. The molecule has 0 radical (unpaired) electrons. The van der Waals surface area contributed by atoms with E-state index in [2.05, 4.69) is 0 Å². The predicted octanol–water partition coefficient (Wildman–Crippen LogP) is 1.07. The summed E-state index contributed by atoms with van der Waals surface area (Å²) < 4.78 is 64.0. The van der Waals surface area contributed by atoms with Crippen LogP contribution in [0.5, 0.6) is 0 Å². The molecule has 4 nitrogen and oxygen atoms in total. The van der Waals surface area contributed by atoms with Crippen LogP contribution in [0.3, 0.4) is 0 Å². The summed E-state index contributed by atoms with van der Waals surface area (Å²) in [6, 6.07) is 0.652. The van der Waals surface area contributed by atoms with E-state index in [1.807, 2.05) is 0 Å². The Bertz CT molecular complexity index is 511. The van der Waals surface area contributed by atoms with Crippen molar-refractivity contribution in [1.82, 2.24) is 4.31 Å². The van der Waals surface area contributed by atoms with E-state index in [0.29, 0.717) is 18.6 Å². The molecular weight excluding hydrogens is 269 g/mol. The smallest absolute Gasteiger partial charge is 0.248 e. The first-order chi connectivity index (χ1) is 8.30. The molecule has 18 heavy (non-hydrogen) atoms. The van der Waals surface area contributed by atoms with Gasteiger partial charge in [0.15, 0.2) is 4.90 Å². The molecule has 0 aliphatic rings. The van der Waals surface area contributed by atoms with Gasteiger partial charge in [-0.3, -0.25) is 0 Å². The molecule has 8 heteroatoms. The van der Waals surface area contributed by atoms with Gasteiger partial charge in [0.1, 0.15) is 17.5 Å². The summed E-state index contributed by atoms with van der Waals surface area (Å²) in [7, 11) is -3.15. The second-order valence-electron chi connectivity index (χ2n) is 3.67. The quantitative estimate of drug-likeness (QED) is 0.878. The summed E-state index contributed by atoms with van der Waals surface area (Å²) in [5.41, 5.74) is 5.22. The van der Waals surface area contributed by atoms with Crippen molar-refractivity contribution in [2.24, 2.45) is 5.73 Å². The van der Waals surface area contributed by atoms with Gasteiger partial charge in [-0.2, -0.15) is 0 Å². The van der Waals surface area contributed by atoms with Crippen LogP contribution in [0.15, 0.2) is 17.0 Å². The van der Waals surface area contributed by atoms with Crippen molar-refractivity contribution in [1.29, 1.82) is 0 Å². The molecule has 0 fully saturated rings. The van der Waals surface area contributed by atoms with Crippen LogP contribution in [0.25, 0.3) is 0 Å². The third kappa shape index (κ3) is 3.01. The van der Waals surface area contributed by atoms with E-state index in [1.165, 1.54) is 7.05 Å².